The van der Waals surface area contributed by atoms with E-state index in [2.05, 4.69) is 25.8 Å². The van der Waals surface area contributed by atoms with Crippen LogP contribution in [0.3, 0.4) is 0 Å². The SMILES string of the molecule is O=C(NCCCN1CCCC1)c1cn(C2CCNCC2)nn1. The molecule has 0 bridgehead atoms. The van der Waals surface area contributed by atoms with Crippen LogP contribution in [0.1, 0.15) is 48.6 Å². The van der Waals surface area contributed by atoms with E-state index in [1.807, 2.05) is 4.68 Å². The van der Waals surface area contributed by atoms with Crippen LogP contribution in [-0.2, 0) is 0 Å². The maximum atomic E-state index is 12.1. The van der Waals surface area contributed by atoms with Gasteiger partial charge in [-0.2, -0.15) is 0 Å². The first-order chi connectivity index (χ1) is 10.8. The summed E-state index contributed by atoms with van der Waals surface area (Å²) in [6, 6.07) is 0.366. The maximum absolute atomic E-state index is 12.1. The van der Waals surface area contributed by atoms with Gasteiger partial charge in [-0.3, -0.25) is 4.79 Å². The van der Waals surface area contributed by atoms with Crippen LogP contribution < -0.4 is 10.6 Å². The molecule has 2 N–H and O–H groups in total. The molecule has 2 aliphatic heterocycles. The van der Waals surface area contributed by atoms with Gasteiger partial charge in [0, 0.05) is 6.54 Å². The number of nitrogens with one attached hydrogen (secondary N) is 2. The molecule has 122 valence electrons. The Morgan fingerprint density at radius 1 is 1.32 bits per heavy atom. The van der Waals surface area contributed by atoms with Crippen LogP contribution in [0.5, 0.6) is 0 Å². The highest BCUT2D eigenvalue weighted by molar-refractivity contribution is 5.91. The van der Waals surface area contributed by atoms with E-state index in [0.29, 0.717) is 18.3 Å². The monoisotopic (exact) mass is 306 g/mol. The van der Waals surface area contributed by atoms with Crippen LogP contribution in [0.25, 0.3) is 0 Å². The highest BCUT2D eigenvalue weighted by atomic mass is 16.2. The third-order valence-electron chi connectivity index (χ3n) is 4.56. The number of hydrogen-bond donors (Lipinski definition) is 2. The summed E-state index contributed by atoms with van der Waals surface area (Å²) in [7, 11) is 0. The molecule has 0 aliphatic carbocycles. The molecular formula is C15H26N6O. The van der Waals surface area contributed by atoms with E-state index in [0.717, 1.165) is 38.9 Å². The molecule has 0 spiro atoms. The molecule has 7 heteroatoms. The fourth-order valence-electron chi connectivity index (χ4n) is 3.23. The van der Waals surface area contributed by atoms with Crippen molar-refractivity contribution in [1.29, 1.82) is 0 Å². The molecule has 7 nitrogen and oxygen atoms in total. The topological polar surface area (TPSA) is 75.1 Å². The van der Waals surface area contributed by atoms with E-state index in [4.69, 9.17) is 0 Å². The molecule has 3 rings (SSSR count). The quantitative estimate of drug-likeness (QED) is 0.745. The predicted molar refractivity (Wildman–Crippen MR) is 83.8 cm³/mol. The summed E-state index contributed by atoms with van der Waals surface area (Å²) >= 11 is 0. The predicted octanol–water partition coefficient (Wildman–Crippen LogP) is 0.418. The molecule has 2 aliphatic rings. The molecule has 1 amide bonds. The van der Waals surface area contributed by atoms with Crippen LogP contribution >= 0.6 is 0 Å². The zero-order valence-electron chi connectivity index (χ0n) is 13.1. The lowest BCUT2D eigenvalue weighted by Crippen LogP contribution is -2.30. The third kappa shape index (κ3) is 4.04. The Balaban J connectivity index is 1.40. The summed E-state index contributed by atoms with van der Waals surface area (Å²) < 4.78 is 1.85. The van der Waals surface area contributed by atoms with Crippen molar-refractivity contribution in [2.75, 3.05) is 39.3 Å². The number of amides is 1. The van der Waals surface area contributed by atoms with Crippen molar-refractivity contribution >= 4 is 5.91 Å². The Morgan fingerprint density at radius 2 is 2.09 bits per heavy atom. The second-order valence-electron chi connectivity index (χ2n) is 6.22. The highest BCUT2D eigenvalue weighted by Gasteiger charge is 2.18. The summed E-state index contributed by atoms with van der Waals surface area (Å²) in [6.07, 6.45) is 7.48. The second kappa shape index (κ2) is 7.69. The summed E-state index contributed by atoms with van der Waals surface area (Å²) in [4.78, 5) is 14.5. The molecule has 22 heavy (non-hydrogen) atoms. The minimum Gasteiger partial charge on any atom is -0.351 e. The first-order valence-corrected chi connectivity index (χ1v) is 8.46. The lowest BCUT2D eigenvalue weighted by atomic mass is 10.1. The molecule has 1 aromatic rings. The smallest absolute Gasteiger partial charge is 0.273 e. The Morgan fingerprint density at radius 3 is 2.86 bits per heavy atom. The Kier molecular flexibility index (Phi) is 5.39. The van der Waals surface area contributed by atoms with Gasteiger partial charge in [0.15, 0.2) is 5.69 Å². The molecule has 2 fully saturated rings. The second-order valence-corrected chi connectivity index (χ2v) is 6.22. The van der Waals surface area contributed by atoms with Gasteiger partial charge in [0.05, 0.1) is 12.2 Å². The minimum absolute atomic E-state index is 0.110. The zero-order valence-corrected chi connectivity index (χ0v) is 13.1. The van der Waals surface area contributed by atoms with Gasteiger partial charge in [0.2, 0.25) is 0 Å². The number of piperidine rings is 1. The fourth-order valence-corrected chi connectivity index (χ4v) is 3.23. The summed E-state index contributed by atoms with van der Waals surface area (Å²) in [6.45, 7) is 6.19. The molecule has 1 aromatic heterocycles. The summed E-state index contributed by atoms with van der Waals surface area (Å²) in [5, 5.41) is 14.4. The number of aromatic nitrogens is 3. The van der Waals surface area contributed by atoms with Crippen LogP contribution in [-0.4, -0.2) is 65.1 Å². The van der Waals surface area contributed by atoms with Gasteiger partial charge < -0.3 is 15.5 Å². The minimum atomic E-state index is -0.110. The molecule has 3 heterocycles. The summed E-state index contributed by atoms with van der Waals surface area (Å²) in [5.41, 5.74) is 0.430. The Hall–Kier alpha value is -1.47. The lowest BCUT2D eigenvalue weighted by molar-refractivity contribution is 0.0947. The van der Waals surface area contributed by atoms with Crippen molar-refractivity contribution < 1.29 is 4.79 Å². The van der Waals surface area contributed by atoms with Crippen molar-refractivity contribution in [2.24, 2.45) is 0 Å². The molecule has 0 aromatic carbocycles. The van der Waals surface area contributed by atoms with Crippen LogP contribution in [0.15, 0.2) is 6.20 Å². The number of nitrogens with zero attached hydrogens (tertiary/aromatic N) is 4. The lowest BCUT2D eigenvalue weighted by Gasteiger charge is -2.22. The van der Waals surface area contributed by atoms with Gasteiger partial charge in [0.25, 0.3) is 5.91 Å². The normalized spacial score (nSPS) is 20.4. The standard InChI is InChI=1S/C15H26N6O/c22-15(17-6-3-11-20-9-1-2-10-20)14-12-21(19-18-14)13-4-7-16-8-5-13/h12-13,16H,1-11H2,(H,17,22). The van der Waals surface area contributed by atoms with Crippen LogP contribution in [0.2, 0.25) is 0 Å². The molecule has 0 saturated carbocycles. The van der Waals surface area contributed by atoms with Gasteiger partial charge in [-0.05, 0) is 64.8 Å². The Bertz CT molecular complexity index is 476. The highest BCUT2D eigenvalue weighted by Crippen LogP contribution is 2.16. The number of rotatable bonds is 6. The van der Waals surface area contributed by atoms with Crippen molar-refractivity contribution in [3.8, 4) is 0 Å². The Labute approximate surface area is 131 Å². The van der Waals surface area contributed by atoms with Gasteiger partial charge in [-0.25, -0.2) is 4.68 Å². The van der Waals surface area contributed by atoms with Crippen molar-refractivity contribution in [3.63, 3.8) is 0 Å². The van der Waals surface area contributed by atoms with Gasteiger partial charge in [-0.15, -0.1) is 5.10 Å². The molecule has 0 radical (unpaired) electrons. The van der Waals surface area contributed by atoms with E-state index < -0.39 is 0 Å². The van der Waals surface area contributed by atoms with Crippen molar-refractivity contribution in [2.45, 2.75) is 38.1 Å². The number of likely N-dealkylation sites (tertiary alicyclic amines) is 1. The first-order valence-electron chi connectivity index (χ1n) is 8.46. The average molecular weight is 306 g/mol. The number of carbonyl (C=O) groups excluding carboxylic acids is 1. The van der Waals surface area contributed by atoms with Gasteiger partial charge in [0.1, 0.15) is 0 Å². The van der Waals surface area contributed by atoms with Gasteiger partial charge >= 0.3 is 0 Å². The van der Waals surface area contributed by atoms with E-state index in [1.54, 1.807) is 6.20 Å². The molecule has 0 unspecified atom stereocenters. The molecule has 2 saturated heterocycles. The van der Waals surface area contributed by atoms with E-state index in [9.17, 15) is 4.79 Å². The molecular weight excluding hydrogens is 280 g/mol. The van der Waals surface area contributed by atoms with Crippen molar-refractivity contribution in [3.05, 3.63) is 11.9 Å². The average Bonchev–Trinajstić information content (AvgIpc) is 3.24. The third-order valence-corrected chi connectivity index (χ3v) is 4.56. The van der Waals surface area contributed by atoms with E-state index >= 15 is 0 Å². The fraction of sp³-hybridized carbons (Fsp3) is 0.800. The van der Waals surface area contributed by atoms with Crippen LogP contribution in [0, 0.1) is 0 Å². The number of carbonyl (C=O) groups is 1. The van der Waals surface area contributed by atoms with E-state index in [1.165, 1.54) is 25.9 Å². The van der Waals surface area contributed by atoms with Gasteiger partial charge in [-0.1, -0.05) is 5.21 Å². The maximum Gasteiger partial charge on any atom is 0.273 e. The largest absolute Gasteiger partial charge is 0.351 e. The summed E-state index contributed by atoms with van der Waals surface area (Å²) in [5.74, 6) is -0.110. The zero-order chi connectivity index (χ0) is 15.2. The van der Waals surface area contributed by atoms with Crippen molar-refractivity contribution in [1.82, 2.24) is 30.5 Å². The number of hydrogen-bond acceptors (Lipinski definition) is 5. The van der Waals surface area contributed by atoms with Crippen LogP contribution in [0.4, 0.5) is 0 Å². The van der Waals surface area contributed by atoms with E-state index in [-0.39, 0.29) is 5.91 Å². The molecule has 0 atom stereocenters. The first kappa shape index (κ1) is 15.4.